The fourth-order valence-corrected chi connectivity index (χ4v) is 3.09. The van der Waals surface area contributed by atoms with E-state index in [1.807, 2.05) is 0 Å². The van der Waals surface area contributed by atoms with Crippen LogP contribution in [0, 0.1) is 11.3 Å². The second kappa shape index (κ2) is 4.73. The van der Waals surface area contributed by atoms with Crippen LogP contribution < -0.4 is 5.32 Å². The zero-order valence-corrected chi connectivity index (χ0v) is 11.3. The van der Waals surface area contributed by atoms with Crippen LogP contribution in [0.25, 0.3) is 0 Å². The second-order valence-corrected chi connectivity index (χ2v) is 6.32. The van der Waals surface area contributed by atoms with Crippen LogP contribution in [0.5, 0.6) is 0 Å². The molecule has 0 amide bonds. The van der Waals surface area contributed by atoms with Crippen molar-refractivity contribution in [2.75, 3.05) is 13.1 Å². The molecule has 0 radical (unpaired) electrons. The first-order valence-corrected chi connectivity index (χ1v) is 6.16. The third kappa shape index (κ3) is 2.96. The SMILES string of the molecule is CC(C)(C)N1C(CC#N)CNCCC1(C)C. The van der Waals surface area contributed by atoms with Crippen LogP contribution in [0.3, 0.4) is 0 Å². The Balaban J connectivity index is 3.01. The molecule has 1 rings (SSSR count). The smallest absolute Gasteiger partial charge is 0.0638 e. The minimum Gasteiger partial charge on any atom is -0.315 e. The van der Waals surface area contributed by atoms with Gasteiger partial charge in [-0.2, -0.15) is 5.26 Å². The molecule has 0 aromatic rings. The maximum absolute atomic E-state index is 8.96. The van der Waals surface area contributed by atoms with E-state index in [-0.39, 0.29) is 11.1 Å². The van der Waals surface area contributed by atoms with Crippen LogP contribution in [-0.2, 0) is 0 Å². The van der Waals surface area contributed by atoms with E-state index in [0.29, 0.717) is 12.5 Å². The average molecular weight is 223 g/mol. The number of hydrogen-bond donors (Lipinski definition) is 1. The minimum atomic E-state index is 0.108. The fourth-order valence-electron chi connectivity index (χ4n) is 3.09. The standard InChI is InChI=1S/C13H25N3/c1-12(2,3)16-11(6-8-14)10-15-9-7-13(16,4)5/h11,15H,6-7,9-10H2,1-5H3. The van der Waals surface area contributed by atoms with E-state index in [0.717, 1.165) is 19.5 Å². The molecule has 92 valence electrons. The summed E-state index contributed by atoms with van der Waals surface area (Å²) in [5, 5.41) is 12.4. The quantitative estimate of drug-likeness (QED) is 0.740. The molecule has 0 aromatic heterocycles. The largest absolute Gasteiger partial charge is 0.315 e. The van der Waals surface area contributed by atoms with Crippen molar-refractivity contribution in [2.24, 2.45) is 0 Å². The molecule has 1 unspecified atom stereocenters. The number of nitriles is 1. The molecule has 0 saturated carbocycles. The summed E-state index contributed by atoms with van der Waals surface area (Å²) in [4.78, 5) is 2.52. The average Bonchev–Trinajstić information content (AvgIpc) is 2.23. The molecule has 1 heterocycles. The van der Waals surface area contributed by atoms with Crippen LogP contribution >= 0.6 is 0 Å². The predicted octanol–water partition coefficient (Wildman–Crippen LogP) is 2.14. The fraction of sp³-hybridized carbons (Fsp3) is 0.923. The monoisotopic (exact) mass is 223 g/mol. The Morgan fingerprint density at radius 2 is 2.06 bits per heavy atom. The predicted molar refractivity (Wildman–Crippen MR) is 67.2 cm³/mol. The van der Waals surface area contributed by atoms with Crippen molar-refractivity contribution in [3.05, 3.63) is 0 Å². The number of nitrogens with zero attached hydrogens (tertiary/aromatic N) is 2. The highest BCUT2D eigenvalue weighted by Crippen LogP contribution is 2.32. The molecule has 1 N–H and O–H groups in total. The zero-order valence-electron chi connectivity index (χ0n) is 11.3. The van der Waals surface area contributed by atoms with Gasteiger partial charge >= 0.3 is 0 Å². The highest BCUT2D eigenvalue weighted by Gasteiger charge is 2.40. The van der Waals surface area contributed by atoms with Crippen molar-refractivity contribution >= 4 is 0 Å². The summed E-state index contributed by atoms with van der Waals surface area (Å²) in [6.45, 7) is 13.3. The third-order valence-corrected chi connectivity index (χ3v) is 3.36. The summed E-state index contributed by atoms with van der Waals surface area (Å²) in [5.74, 6) is 0. The molecule has 3 heteroatoms. The Kier molecular flexibility index (Phi) is 3.98. The van der Waals surface area contributed by atoms with Gasteiger partial charge in [-0.1, -0.05) is 0 Å². The molecule has 3 nitrogen and oxygen atoms in total. The van der Waals surface area contributed by atoms with E-state index in [1.54, 1.807) is 0 Å². The Bertz CT molecular complexity index is 270. The van der Waals surface area contributed by atoms with Crippen molar-refractivity contribution in [2.45, 2.75) is 64.6 Å². The highest BCUT2D eigenvalue weighted by molar-refractivity contribution is 4.99. The molecule has 1 aliphatic rings. The van der Waals surface area contributed by atoms with E-state index in [1.165, 1.54) is 0 Å². The first-order valence-electron chi connectivity index (χ1n) is 6.16. The van der Waals surface area contributed by atoms with Crippen molar-refractivity contribution in [1.29, 1.82) is 5.26 Å². The van der Waals surface area contributed by atoms with E-state index in [4.69, 9.17) is 5.26 Å². The number of nitrogens with one attached hydrogen (secondary N) is 1. The van der Waals surface area contributed by atoms with Gasteiger partial charge in [0.2, 0.25) is 0 Å². The molecular formula is C13H25N3. The molecule has 1 fully saturated rings. The molecule has 1 aliphatic heterocycles. The van der Waals surface area contributed by atoms with Gasteiger partial charge in [-0.3, -0.25) is 4.90 Å². The summed E-state index contributed by atoms with van der Waals surface area (Å²) < 4.78 is 0. The van der Waals surface area contributed by atoms with Crippen molar-refractivity contribution < 1.29 is 0 Å². The third-order valence-electron chi connectivity index (χ3n) is 3.36. The first kappa shape index (κ1) is 13.5. The van der Waals surface area contributed by atoms with E-state index in [9.17, 15) is 0 Å². The number of rotatable bonds is 1. The van der Waals surface area contributed by atoms with E-state index < -0.39 is 0 Å². The summed E-state index contributed by atoms with van der Waals surface area (Å²) in [6.07, 6.45) is 1.74. The van der Waals surface area contributed by atoms with Crippen LogP contribution in [-0.4, -0.2) is 35.1 Å². The lowest BCUT2D eigenvalue weighted by atomic mass is 9.89. The number of hydrogen-bond acceptors (Lipinski definition) is 3. The first-order chi connectivity index (χ1) is 7.29. The summed E-state index contributed by atoms with van der Waals surface area (Å²) in [6, 6.07) is 2.65. The highest BCUT2D eigenvalue weighted by atomic mass is 15.3. The molecule has 1 saturated heterocycles. The molecule has 0 aliphatic carbocycles. The summed E-state index contributed by atoms with van der Waals surface area (Å²) in [5.41, 5.74) is 0.264. The normalized spacial score (nSPS) is 27.1. The van der Waals surface area contributed by atoms with Crippen LogP contribution in [0.4, 0.5) is 0 Å². The van der Waals surface area contributed by atoms with E-state index >= 15 is 0 Å². The lowest BCUT2D eigenvalue weighted by molar-refractivity contribution is -0.00612. The van der Waals surface area contributed by atoms with Gasteiger partial charge in [0.05, 0.1) is 12.5 Å². The van der Waals surface area contributed by atoms with Crippen LogP contribution in [0.15, 0.2) is 0 Å². The van der Waals surface area contributed by atoms with Gasteiger partial charge in [0.25, 0.3) is 0 Å². The molecule has 0 aromatic carbocycles. The van der Waals surface area contributed by atoms with Gasteiger partial charge in [0, 0.05) is 23.7 Å². The maximum atomic E-state index is 8.96. The topological polar surface area (TPSA) is 39.1 Å². The molecule has 0 spiro atoms. The minimum absolute atomic E-state index is 0.108. The van der Waals surface area contributed by atoms with Gasteiger partial charge in [0.1, 0.15) is 0 Å². The second-order valence-electron chi connectivity index (χ2n) is 6.32. The van der Waals surface area contributed by atoms with Crippen molar-refractivity contribution in [1.82, 2.24) is 10.2 Å². The van der Waals surface area contributed by atoms with Gasteiger partial charge in [-0.25, -0.2) is 0 Å². The molecule has 0 bridgehead atoms. The lowest BCUT2D eigenvalue weighted by Gasteiger charge is -2.49. The van der Waals surface area contributed by atoms with E-state index in [2.05, 4.69) is 50.9 Å². The Morgan fingerprint density at radius 3 is 2.56 bits per heavy atom. The molecule has 16 heavy (non-hydrogen) atoms. The summed E-state index contributed by atoms with van der Waals surface area (Å²) in [7, 11) is 0. The van der Waals surface area contributed by atoms with Crippen molar-refractivity contribution in [3.8, 4) is 6.07 Å². The zero-order chi connectivity index (χ0) is 12.4. The summed E-state index contributed by atoms with van der Waals surface area (Å²) >= 11 is 0. The van der Waals surface area contributed by atoms with Gasteiger partial charge in [-0.15, -0.1) is 0 Å². The lowest BCUT2D eigenvalue weighted by Crippen LogP contribution is -2.59. The van der Waals surface area contributed by atoms with Gasteiger partial charge in [-0.05, 0) is 47.6 Å². The Hall–Kier alpha value is -0.590. The van der Waals surface area contributed by atoms with Gasteiger partial charge < -0.3 is 5.32 Å². The van der Waals surface area contributed by atoms with Gasteiger partial charge in [0.15, 0.2) is 0 Å². The van der Waals surface area contributed by atoms with Crippen LogP contribution in [0.1, 0.15) is 47.5 Å². The Morgan fingerprint density at radius 1 is 1.44 bits per heavy atom. The van der Waals surface area contributed by atoms with Crippen LogP contribution in [0.2, 0.25) is 0 Å². The molecule has 1 atom stereocenters. The molecular weight excluding hydrogens is 198 g/mol. The maximum Gasteiger partial charge on any atom is 0.0638 e. The van der Waals surface area contributed by atoms with Crippen molar-refractivity contribution in [3.63, 3.8) is 0 Å². The Labute approximate surface area is 99.8 Å².